The Kier molecular flexibility index (Phi) is 8.94. The highest BCUT2D eigenvalue weighted by Crippen LogP contribution is 2.38. The molecule has 0 aliphatic heterocycles. The number of nitrogens with one attached hydrogen (secondary N) is 2. The molecule has 0 saturated heterocycles. The SMILES string of the molecule is COc1cccc(CCNC(=O)C2(C(=O)NC(N)CCCB(O)O)CCCC2)c1. The number of amides is 2. The van der Waals surface area contributed by atoms with Crippen LogP contribution in [0.25, 0.3) is 0 Å². The minimum Gasteiger partial charge on any atom is -0.497 e. The Labute approximate surface area is 172 Å². The first-order valence-corrected chi connectivity index (χ1v) is 10.2. The topological polar surface area (TPSA) is 134 Å². The van der Waals surface area contributed by atoms with Crippen LogP contribution in [0.5, 0.6) is 5.75 Å². The highest BCUT2D eigenvalue weighted by Gasteiger charge is 2.47. The van der Waals surface area contributed by atoms with Crippen molar-refractivity contribution in [2.24, 2.45) is 11.1 Å². The van der Waals surface area contributed by atoms with E-state index in [4.69, 9.17) is 20.5 Å². The van der Waals surface area contributed by atoms with Crippen molar-refractivity contribution in [2.75, 3.05) is 13.7 Å². The monoisotopic (exact) mass is 405 g/mol. The molecule has 1 aromatic rings. The van der Waals surface area contributed by atoms with Crippen LogP contribution in [0.2, 0.25) is 6.32 Å². The summed E-state index contributed by atoms with van der Waals surface area (Å²) in [6.07, 6.45) is 3.76. The molecule has 0 radical (unpaired) electrons. The second-order valence-corrected chi connectivity index (χ2v) is 7.64. The van der Waals surface area contributed by atoms with Gasteiger partial charge in [-0.2, -0.15) is 0 Å². The lowest BCUT2D eigenvalue weighted by atomic mass is 9.82. The van der Waals surface area contributed by atoms with E-state index in [0.717, 1.165) is 24.2 Å². The number of ether oxygens (including phenoxy) is 1. The molecule has 1 saturated carbocycles. The maximum absolute atomic E-state index is 12.9. The van der Waals surface area contributed by atoms with Crippen LogP contribution in [0.15, 0.2) is 24.3 Å². The first kappa shape index (κ1) is 23.2. The summed E-state index contributed by atoms with van der Waals surface area (Å²) in [5, 5.41) is 23.4. The summed E-state index contributed by atoms with van der Waals surface area (Å²) in [4.78, 5) is 25.8. The number of rotatable bonds is 11. The number of methoxy groups -OCH3 is 1. The van der Waals surface area contributed by atoms with Crippen LogP contribution in [0.4, 0.5) is 0 Å². The molecule has 0 aromatic heterocycles. The Morgan fingerprint density at radius 2 is 2.00 bits per heavy atom. The minimum atomic E-state index is -1.38. The highest BCUT2D eigenvalue weighted by molar-refractivity contribution is 6.40. The van der Waals surface area contributed by atoms with Crippen LogP contribution in [-0.2, 0) is 16.0 Å². The van der Waals surface area contributed by atoms with Gasteiger partial charge in [-0.3, -0.25) is 9.59 Å². The van der Waals surface area contributed by atoms with E-state index in [2.05, 4.69) is 10.6 Å². The predicted octanol–water partition coefficient (Wildman–Crippen LogP) is 0.568. The molecule has 1 atom stereocenters. The Morgan fingerprint density at radius 3 is 2.66 bits per heavy atom. The van der Waals surface area contributed by atoms with Gasteiger partial charge in [0.05, 0.1) is 13.3 Å². The van der Waals surface area contributed by atoms with Crippen molar-refractivity contribution in [3.63, 3.8) is 0 Å². The molecule has 2 amide bonds. The van der Waals surface area contributed by atoms with Crippen LogP contribution in [0, 0.1) is 5.41 Å². The number of benzene rings is 1. The van der Waals surface area contributed by atoms with Crippen LogP contribution in [0.1, 0.15) is 44.1 Å². The van der Waals surface area contributed by atoms with Gasteiger partial charge in [-0.1, -0.05) is 31.4 Å². The molecule has 6 N–H and O–H groups in total. The molecule has 0 heterocycles. The first-order valence-electron chi connectivity index (χ1n) is 10.2. The van der Waals surface area contributed by atoms with Crippen LogP contribution in [0.3, 0.4) is 0 Å². The van der Waals surface area contributed by atoms with Gasteiger partial charge >= 0.3 is 7.12 Å². The lowest BCUT2D eigenvalue weighted by Crippen LogP contribution is -2.54. The van der Waals surface area contributed by atoms with Gasteiger partial charge in [0.2, 0.25) is 11.8 Å². The van der Waals surface area contributed by atoms with Gasteiger partial charge in [0.15, 0.2) is 0 Å². The molecule has 0 spiro atoms. The number of hydrogen-bond acceptors (Lipinski definition) is 6. The number of carbonyl (C=O) groups is 2. The molecule has 1 aliphatic rings. The standard InChI is InChI=1S/C20H32BN3O5/c1-29-16-7-4-6-15(14-16)9-13-23-18(25)20(10-2-3-11-20)19(26)24-17(22)8-5-12-21(27)28/h4,6-7,14,17,27-28H,2-3,5,8-13,22H2,1H3,(H,23,25)(H,24,26). The Hall–Kier alpha value is -2.10. The quantitative estimate of drug-likeness (QED) is 0.208. The summed E-state index contributed by atoms with van der Waals surface area (Å²) in [5.74, 6) is 0.169. The molecule has 1 unspecified atom stereocenters. The minimum absolute atomic E-state index is 0.194. The Bertz CT molecular complexity index is 680. The number of nitrogens with two attached hydrogens (primary N) is 1. The average Bonchev–Trinajstić information content (AvgIpc) is 3.19. The van der Waals surface area contributed by atoms with Gasteiger partial charge in [-0.15, -0.1) is 0 Å². The molecule has 29 heavy (non-hydrogen) atoms. The molecule has 9 heteroatoms. The van der Waals surface area contributed by atoms with Gasteiger partial charge in [0, 0.05) is 6.54 Å². The van der Waals surface area contributed by atoms with Gasteiger partial charge in [-0.05, 0) is 49.7 Å². The largest absolute Gasteiger partial charge is 0.497 e. The molecular formula is C20H32BN3O5. The fourth-order valence-corrected chi connectivity index (χ4v) is 3.75. The fourth-order valence-electron chi connectivity index (χ4n) is 3.75. The smallest absolute Gasteiger partial charge is 0.451 e. The second kappa shape index (κ2) is 11.2. The molecule has 0 bridgehead atoms. The van der Waals surface area contributed by atoms with Crippen LogP contribution in [-0.4, -0.2) is 48.8 Å². The average molecular weight is 405 g/mol. The first-order chi connectivity index (χ1) is 13.9. The van der Waals surface area contributed by atoms with Gasteiger partial charge in [0.25, 0.3) is 0 Å². The summed E-state index contributed by atoms with van der Waals surface area (Å²) in [7, 11) is 0.231. The van der Waals surface area contributed by atoms with Crippen LogP contribution < -0.4 is 21.1 Å². The predicted molar refractivity (Wildman–Crippen MR) is 111 cm³/mol. The maximum atomic E-state index is 12.9. The normalized spacial score (nSPS) is 16.1. The van der Waals surface area contributed by atoms with Crippen molar-refractivity contribution in [1.82, 2.24) is 10.6 Å². The van der Waals surface area contributed by atoms with Crippen molar-refractivity contribution < 1.29 is 24.4 Å². The van der Waals surface area contributed by atoms with Crippen molar-refractivity contribution in [2.45, 2.75) is 57.4 Å². The number of hydrogen-bond donors (Lipinski definition) is 5. The van der Waals surface area contributed by atoms with E-state index in [1.165, 1.54) is 0 Å². The fraction of sp³-hybridized carbons (Fsp3) is 0.600. The Balaban J connectivity index is 1.88. The van der Waals surface area contributed by atoms with Gasteiger partial charge in [-0.25, -0.2) is 0 Å². The summed E-state index contributed by atoms with van der Waals surface area (Å²) in [5.41, 5.74) is 5.92. The molecular weight excluding hydrogens is 373 g/mol. The molecule has 8 nitrogen and oxygen atoms in total. The lowest BCUT2D eigenvalue weighted by molar-refractivity contribution is -0.143. The van der Waals surface area contributed by atoms with Gasteiger partial charge in [0.1, 0.15) is 11.2 Å². The molecule has 1 aromatic carbocycles. The maximum Gasteiger partial charge on any atom is 0.451 e. The van der Waals surface area contributed by atoms with Gasteiger partial charge < -0.3 is 31.2 Å². The third-order valence-corrected chi connectivity index (χ3v) is 5.45. The summed E-state index contributed by atoms with van der Waals surface area (Å²) in [6.45, 7) is 0.432. The molecule has 1 aliphatic carbocycles. The summed E-state index contributed by atoms with van der Waals surface area (Å²) >= 11 is 0. The van der Waals surface area contributed by atoms with E-state index >= 15 is 0 Å². The zero-order valence-corrected chi connectivity index (χ0v) is 17.0. The zero-order valence-electron chi connectivity index (χ0n) is 17.0. The third-order valence-electron chi connectivity index (χ3n) is 5.45. The van der Waals surface area contributed by atoms with E-state index in [-0.39, 0.29) is 18.1 Å². The van der Waals surface area contributed by atoms with E-state index < -0.39 is 18.7 Å². The van der Waals surface area contributed by atoms with E-state index in [1.807, 2.05) is 24.3 Å². The lowest BCUT2D eigenvalue weighted by Gasteiger charge is -2.28. The van der Waals surface area contributed by atoms with Crippen molar-refractivity contribution in [3.8, 4) is 5.75 Å². The summed E-state index contributed by atoms with van der Waals surface area (Å²) < 4.78 is 5.21. The van der Waals surface area contributed by atoms with Crippen molar-refractivity contribution in [3.05, 3.63) is 29.8 Å². The number of carbonyl (C=O) groups excluding carboxylic acids is 2. The molecule has 2 rings (SSSR count). The molecule has 1 fully saturated rings. The Morgan fingerprint density at radius 1 is 1.28 bits per heavy atom. The van der Waals surface area contributed by atoms with E-state index in [0.29, 0.717) is 38.6 Å². The second-order valence-electron chi connectivity index (χ2n) is 7.64. The third kappa shape index (κ3) is 6.73. The van der Waals surface area contributed by atoms with Crippen molar-refractivity contribution >= 4 is 18.9 Å². The van der Waals surface area contributed by atoms with E-state index in [9.17, 15) is 9.59 Å². The van der Waals surface area contributed by atoms with E-state index in [1.54, 1.807) is 7.11 Å². The highest BCUT2D eigenvalue weighted by atomic mass is 16.5. The van der Waals surface area contributed by atoms with Crippen molar-refractivity contribution in [1.29, 1.82) is 0 Å². The summed E-state index contributed by atoms with van der Waals surface area (Å²) in [6, 6.07) is 7.66. The van der Waals surface area contributed by atoms with Crippen LogP contribution >= 0.6 is 0 Å². The zero-order chi connectivity index (χ0) is 21.3. The molecule has 160 valence electrons.